The zero-order chi connectivity index (χ0) is 18.3. The van der Waals surface area contributed by atoms with Crippen LogP contribution >= 0.6 is 0 Å². The SMILES string of the molecule is C[C@H](C=O)CCCCCC[C@H](CCC/C=C/C(=O)O)C1CCCCC1. The minimum Gasteiger partial charge on any atom is -0.478 e. The maximum absolute atomic E-state index is 10.6. The van der Waals surface area contributed by atoms with Crippen LogP contribution in [0.15, 0.2) is 12.2 Å². The summed E-state index contributed by atoms with van der Waals surface area (Å²) >= 11 is 0. The molecule has 25 heavy (non-hydrogen) atoms. The lowest BCUT2D eigenvalue weighted by Gasteiger charge is -2.30. The maximum atomic E-state index is 10.6. The van der Waals surface area contributed by atoms with Gasteiger partial charge in [0.15, 0.2) is 0 Å². The van der Waals surface area contributed by atoms with Gasteiger partial charge in [0.05, 0.1) is 0 Å². The predicted octanol–water partition coefficient (Wildman–Crippen LogP) is 6.17. The van der Waals surface area contributed by atoms with Crippen LogP contribution in [0.3, 0.4) is 0 Å². The number of aliphatic carboxylic acids is 1. The van der Waals surface area contributed by atoms with Gasteiger partial charge in [-0.15, -0.1) is 0 Å². The monoisotopic (exact) mass is 350 g/mol. The molecule has 144 valence electrons. The lowest BCUT2D eigenvalue weighted by atomic mass is 9.75. The zero-order valence-corrected chi connectivity index (χ0v) is 16.1. The molecule has 1 fully saturated rings. The van der Waals surface area contributed by atoms with Crippen molar-refractivity contribution in [3.8, 4) is 0 Å². The summed E-state index contributed by atoms with van der Waals surface area (Å²) in [4.78, 5) is 21.2. The Labute approximate surface area is 154 Å². The van der Waals surface area contributed by atoms with Crippen LogP contribution in [0.5, 0.6) is 0 Å². The number of carboxylic acid groups (broad SMARTS) is 1. The molecule has 0 aromatic carbocycles. The van der Waals surface area contributed by atoms with E-state index in [1.165, 1.54) is 76.7 Å². The van der Waals surface area contributed by atoms with E-state index in [0.717, 1.165) is 37.4 Å². The molecule has 1 aliphatic carbocycles. The van der Waals surface area contributed by atoms with Gasteiger partial charge in [-0.1, -0.05) is 77.2 Å². The minimum absolute atomic E-state index is 0.217. The number of aldehydes is 1. The third kappa shape index (κ3) is 11.2. The Hall–Kier alpha value is -1.12. The fourth-order valence-electron chi connectivity index (χ4n) is 4.20. The van der Waals surface area contributed by atoms with Crippen LogP contribution in [0.4, 0.5) is 0 Å². The minimum atomic E-state index is -0.840. The lowest BCUT2D eigenvalue weighted by molar-refractivity contribution is -0.131. The van der Waals surface area contributed by atoms with Crippen molar-refractivity contribution >= 4 is 12.3 Å². The molecule has 0 heterocycles. The average molecular weight is 351 g/mol. The second-order valence-electron chi connectivity index (χ2n) is 7.93. The summed E-state index contributed by atoms with van der Waals surface area (Å²) in [5, 5.41) is 8.66. The molecule has 1 rings (SSSR count). The van der Waals surface area contributed by atoms with Crippen molar-refractivity contribution < 1.29 is 14.7 Å². The maximum Gasteiger partial charge on any atom is 0.327 e. The van der Waals surface area contributed by atoms with E-state index in [1.54, 1.807) is 6.08 Å². The van der Waals surface area contributed by atoms with Crippen molar-refractivity contribution in [2.24, 2.45) is 17.8 Å². The van der Waals surface area contributed by atoms with E-state index in [4.69, 9.17) is 5.11 Å². The molecule has 1 saturated carbocycles. The average Bonchev–Trinajstić information content (AvgIpc) is 2.62. The van der Waals surface area contributed by atoms with Crippen molar-refractivity contribution in [3.63, 3.8) is 0 Å². The number of hydrogen-bond acceptors (Lipinski definition) is 2. The van der Waals surface area contributed by atoms with Crippen molar-refractivity contribution in [2.45, 2.75) is 96.8 Å². The highest BCUT2D eigenvalue weighted by Crippen LogP contribution is 2.35. The Balaban J connectivity index is 2.25. The molecule has 0 saturated heterocycles. The summed E-state index contributed by atoms with van der Waals surface area (Å²) in [5.74, 6) is 1.10. The predicted molar refractivity (Wildman–Crippen MR) is 104 cm³/mol. The Morgan fingerprint density at radius 3 is 2.28 bits per heavy atom. The molecule has 0 aliphatic heterocycles. The van der Waals surface area contributed by atoms with Crippen LogP contribution < -0.4 is 0 Å². The number of carbonyl (C=O) groups is 2. The smallest absolute Gasteiger partial charge is 0.327 e. The first-order chi connectivity index (χ1) is 12.1. The van der Waals surface area contributed by atoms with E-state index in [1.807, 2.05) is 6.92 Å². The first-order valence-corrected chi connectivity index (χ1v) is 10.5. The molecule has 0 unspecified atom stereocenters. The normalized spacial score (nSPS) is 18.3. The van der Waals surface area contributed by atoms with Gasteiger partial charge in [0.1, 0.15) is 6.29 Å². The van der Waals surface area contributed by atoms with Crippen molar-refractivity contribution in [1.29, 1.82) is 0 Å². The second kappa shape index (κ2) is 14.1. The molecule has 3 nitrogen and oxygen atoms in total. The largest absolute Gasteiger partial charge is 0.478 e. The van der Waals surface area contributed by atoms with E-state index in [-0.39, 0.29) is 5.92 Å². The fourth-order valence-corrected chi connectivity index (χ4v) is 4.20. The van der Waals surface area contributed by atoms with Crippen LogP contribution in [0.2, 0.25) is 0 Å². The highest BCUT2D eigenvalue weighted by atomic mass is 16.4. The summed E-state index contributed by atoms with van der Waals surface area (Å²) in [7, 11) is 0. The molecule has 0 spiro atoms. The van der Waals surface area contributed by atoms with Gasteiger partial charge >= 0.3 is 5.97 Å². The van der Waals surface area contributed by atoms with Gasteiger partial charge in [0.2, 0.25) is 0 Å². The number of carbonyl (C=O) groups excluding carboxylic acids is 1. The van der Waals surface area contributed by atoms with Crippen molar-refractivity contribution in [1.82, 2.24) is 0 Å². The van der Waals surface area contributed by atoms with E-state index >= 15 is 0 Å². The zero-order valence-electron chi connectivity index (χ0n) is 16.1. The third-order valence-corrected chi connectivity index (χ3v) is 5.74. The van der Waals surface area contributed by atoms with Gasteiger partial charge < -0.3 is 9.90 Å². The standard InChI is InChI=1S/C22H38O3/c1-19(18-23)12-6-2-3-7-13-20(21-14-8-4-9-15-21)16-10-5-11-17-22(24)25/h11,17-21H,2-10,12-16H2,1H3,(H,24,25)/b17-11+/t19-,20+/m0/s1. The Kier molecular flexibility index (Phi) is 12.4. The number of allylic oxidation sites excluding steroid dienone is 1. The van der Waals surface area contributed by atoms with E-state index < -0.39 is 5.97 Å². The van der Waals surface area contributed by atoms with Gasteiger partial charge in [-0.25, -0.2) is 4.79 Å². The first-order valence-electron chi connectivity index (χ1n) is 10.5. The number of hydrogen-bond donors (Lipinski definition) is 1. The summed E-state index contributed by atoms with van der Waals surface area (Å²) in [6.45, 7) is 2.00. The Bertz CT molecular complexity index is 383. The number of rotatable bonds is 14. The van der Waals surface area contributed by atoms with Crippen LogP contribution in [0.25, 0.3) is 0 Å². The van der Waals surface area contributed by atoms with E-state index in [9.17, 15) is 9.59 Å². The summed E-state index contributed by atoms with van der Waals surface area (Å²) in [6, 6.07) is 0. The molecule has 3 heteroatoms. The van der Waals surface area contributed by atoms with Crippen molar-refractivity contribution in [2.75, 3.05) is 0 Å². The van der Waals surface area contributed by atoms with Gasteiger partial charge in [0, 0.05) is 12.0 Å². The fraction of sp³-hybridized carbons (Fsp3) is 0.818. The summed E-state index contributed by atoms with van der Waals surface area (Å²) < 4.78 is 0. The Morgan fingerprint density at radius 2 is 1.64 bits per heavy atom. The molecule has 0 aromatic rings. The van der Waals surface area contributed by atoms with E-state index in [2.05, 4.69) is 0 Å². The highest BCUT2D eigenvalue weighted by molar-refractivity contribution is 5.79. The summed E-state index contributed by atoms with van der Waals surface area (Å²) in [5.41, 5.74) is 0. The van der Waals surface area contributed by atoms with Crippen molar-refractivity contribution in [3.05, 3.63) is 12.2 Å². The number of carboxylic acids is 1. The molecular formula is C22H38O3. The number of unbranched alkanes of at least 4 members (excludes halogenated alkanes) is 4. The van der Waals surface area contributed by atoms with Crippen LogP contribution in [0, 0.1) is 17.8 Å². The third-order valence-electron chi connectivity index (χ3n) is 5.74. The molecule has 1 aliphatic rings. The van der Waals surface area contributed by atoms with Gasteiger partial charge in [-0.3, -0.25) is 0 Å². The quantitative estimate of drug-likeness (QED) is 0.231. The molecule has 0 radical (unpaired) electrons. The molecule has 0 aromatic heterocycles. The van der Waals surface area contributed by atoms with Crippen LogP contribution in [-0.4, -0.2) is 17.4 Å². The highest BCUT2D eigenvalue weighted by Gasteiger charge is 2.22. The van der Waals surface area contributed by atoms with Gasteiger partial charge in [-0.05, 0) is 37.5 Å². The lowest BCUT2D eigenvalue weighted by Crippen LogP contribution is -2.18. The van der Waals surface area contributed by atoms with Gasteiger partial charge in [-0.2, -0.15) is 0 Å². The molecule has 2 atom stereocenters. The molecule has 0 bridgehead atoms. The first kappa shape index (κ1) is 21.9. The topological polar surface area (TPSA) is 54.4 Å². The van der Waals surface area contributed by atoms with Gasteiger partial charge in [0.25, 0.3) is 0 Å². The molecular weight excluding hydrogens is 312 g/mol. The van der Waals surface area contributed by atoms with Crippen LogP contribution in [-0.2, 0) is 9.59 Å². The molecule has 0 amide bonds. The summed E-state index contributed by atoms with van der Waals surface area (Å²) in [6.07, 6.45) is 21.7. The Morgan fingerprint density at radius 1 is 1.00 bits per heavy atom. The van der Waals surface area contributed by atoms with Crippen LogP contribution in [0.1, 0.15) is 96.8 Å². The second-order valence-corrected chi connectivity index (χ2v) is 7.93. The molecule has 1 N–H and O–H groups in total. The van der Waals surface area contributed by atoms with E-state index in [0.29, 0.717) is 0 Å².